The Morgan fingerprint density at radius 3 is 2.31 bits per heavy atom. The summed E-state index contributed by atoms with van der Waals surface area (Å²) in [5.41, 5.74) is -0.671. The Balaban J connectivity index is 2.42. The Labute approximate surface area is 94.8 Å². The van der Waals surface area contributed by atoms with Gasteiger partial charge in [-0.2, -0.15) is 0 Å². The van der Waals surface area contributed by atoms with Crippen molar-refractivity contribution >= 4 is 11.9 Å². The maximum atomic E-state index is 11.7. The molecule has 0 aromatic carbocycles. The standard InChI is InChI=1S/C11H19NO4/c1-7(10(14)15)12-9(13)8-3-5-11(2,16)6-4-8/h7-8,16H,3-6H2,1-2H3,(H,12,13)(H,14,15). The van der Waals surface area contributed by atoms with Gasteiger partial charge in [0.25, 0.3) is 0 Å². The Bertz CT molecular complexity index is 278. The van der Waals surface area contributed by atoms with Crippen LogP contribution in [0.3, 0.4) is 0 Å². The number of carboxylic acids is 1. The SMILES string of the molecule is CC(NC(=O)C1CCC(C)(O)CC1)C(=O)O. The molecule has 92 valence electrons. The van der Waals surface area contributed by atoms with Crippen molar-refractivity contribution in [3.8, 4) is 0 Å². The Morgan fingerprint density at radius 1 is 1.38 bits per heavy atom. The molecule has 1 aliphatic carbocycles. The van der Waals surface area contributed by atoms with Gasteiger partial charge in [-0.1, -0.05) is 0 Å². The minimum absolute atomic E-state index is 0.165. The van der Waals surface area contributed by atoms with Gasteiger partial charge in [0.05, 0.1) is 5.60 Å². The normalized spacial score (nSPS) is 31.8. The molecule has 5 nitrogen and oxygen atoms in total. The predicted octanol–water partition coefficient (Wildman–Crippen LogP) is 0.517. The van der Waals surface area contributed by atoms with Gasteiger partial charge in [-0.05, 0) is 39.5 Å². The number of amides is 1. The van der Waals surface area contributed by atoms with Crippen molar-refractivity contribution in [1.29, 1.82) is 0 Å². The van der Waals surface area contributed by atoms with Crippen LogP contribution in [0.15, 0.2) is 0 Å². The highest BCUT2D eigenvalue weighted by Gasteiger charge is 2.32. The molecule has 1 rings (SSSR count). The number of carboxylic acid groups (broad SMARTS) is 1. The molecule has 1 atom stereocenters. The Kier molecular flexibility index (Phi) is 3.91. The second kappa shape index (κ2) is 4.82. The number of carbonyl (C=O) groups is 2. The van der Waals surface area contributed by atoms with E-state index in [-0.39, 0.29) is 11.8 Å². The lowest BCUT2D eigenvalue weighted by Gasteiger charge is -2.32. The molecule has 0 spiro atoms. The highest BCUT2D eigenvalue weighted by molar-refractivity contribution is 5.84. The molecule has 16 heavy (non-hydrogen) atoms. The average molecular weight is 229 g/mol. The van der Waals surface area contributed by atoms with E-state index in [2.05, 4.69) is 5.32 Å². The molecule has 1 aliphatic rings. The van der Waals surface area contributed by atoms with Gasteiger partial charge in [0.15, 0.2) is 0 Å². The minimum Gasteiger partial charge on any atom is -0.480 e. The minimum atomic E-state index is -1.03. The molecule has 1 fully saturated rings. The second-order valence-electron chi connectivity index (χ2n) is 4.84. The van der Waals surface area contributed by atoms with Crippen molar-refractivity contribution in [2.24, 2.45) is 5.92 Å². The van der Waals surface area contributed by atoms with Gasteiger partial charge in [-0.25, -0.2) is 0 Å². The number of rotatable bonds is 3. The van der Waals surface area contributed by atoms with Gasteiger partial charge < -0.3 is 15.5 Å². The summed E-state index contributed by atoms with van der Waals surface area (Å²) in [5, 5.41) is 20.8. The number of carbonyl (C=O) groups excluding carboxylic acids is 1. The summed E-state index contributed by atoms with van der Waals surface area (Å²) < 4.78 is 0. The van der Waals surface area contributed by atoms with Gasteiger partial charge in [-0.3, -0.25) is 9.59 Å². The molecule has 5 heteroatoms. The first-order valence-corrected chi connectivity index (χ1v) is 5.57. The summed E-state index contributed by atoms with van der Waals surface area (Å²) in [5.74, 6) is -1.41. The molecule has 0 aromatic rings. The fourth-order valence-electron chi connectivity index (χ4n) is 1.89. The van der Waals surface area contributed by atoms with E-state index in [1.54, 1.807) is 6.92 Å². The van der Waals surface area contributed by atoms with E-state index >= 15 is 0 Å². The maximum Gasteiger partial charge on any atom is 0.325 e. The summed E-state index contributed by atoms with van der Waals surface area (Å²) >= 11 is 0. The van der Waals surface area contributed by atoms with Crippen molar-refractivity contribution < 1.29 is 19.8 Å². The van der Waals surface area contributed by atoms with Crippen LogP contribution in [0.5, 0.6) is 0 Å². The zero-order chi connectivity index (χ0) is 12.3. The fraction of sp³-hybridized carbons (Fsp3) is 0.818. The molecule has 0 bridgehead atoms. The third-order valence-electron chi connectivity index (χ3n) is 3.16. The van der Waals surface area contributed by atoms with Crippen LogP contribution in [0.25, 0.3) is 0 Å². The first-order chi connectivity index (χ1) is 7.32. The monoisotopic (exact) mass is 229 g/mol. The first kappa shape index (κ1) is 13.0. The highest BCUT2D eigenvalue weighted by atomic mass is 16.4. The second-order valence-corrected chi connectivity index (χ2v) is 4.84. The van der Waals surface area contributed by atoms with Crippen molar-refractivity contribution in [3.63, 3.8) is 0 Å². The number of hydrogen-bond donors (Lipinski definition) is 3. The average Bonchev–Trinajstić information content (AvgIpc) is 2.17. The zero-order valence-electron chi connectivity index (χ0n) is 9.69. The van der Waals surface area contributed by atoms with Gasteiger partial charge in [-0.15, -0.1) is 0 Å². The Morgan fingerprint density at radius 2 is 1.88 bits per heavy atom. The Hall–Kier alpha value is -1.10. The molecular formula is C11H19NO4. The number of nitrogens with one attached hydrogen (secondary N) is 1. The largest absolute Gasteiger partial charge is 0.480 e. The van der Waals surface area contributed by atoms with E-state index in [0.29, 0.717) is 25.7 Å². The molecule has 0 heterocycles. The third-order valence-corrected chi connectivity index (χ3v) is 3.16. The maximum absolute atomic E-state index is 11.7. The van der Waals surface area contributed by atoms with Crippen LogP contribution in [0.4, 0.5) is 0 Å². The van der Waals surface area contributed by atoms with E-state index < -0.39 is 17.6 Å². The summed E-state index contributed by atoms with van der Waals surface area (Å²) in [4.78, 5) is 22.2. The number of hydrogen-bond acceptors (Lipinski definition) is 3. The molecule has 0 saturated heterocycles. The highest BCUT2D eigenvalue weighted by Crippen LogP contribution is 2.31. The van der Waals surface area contributed by atoms with Crippen LogP contribution in [-0.2, 0) is 9.59 Å². The lowest BCUT2D eigenvalue weighted by atomic mass is 9.79. The van der Waals surface area contributed by atoms with Crippen molar-refractivity contribution in [2.75, 3.05) is 0 Å². The summed E-state index contributed by atoms with van der Waals surface area (Å²) in [6.07, 6.45) is 2.41. The molecule has 0 aromatic heterocycles. The topological polar surface area (TPSA) is 86.6 Å². The van der Waals surface area contributed by atoms with Gasteiger partial charge in [0.1, 0.15) is 6.04 Å². The third kappa shape index (κ3) is 3.48. The van der Waals surface area contributed by atoms with Gasteiger partial charge >= 0.3 is 5.97 Å². The smallest absolute Gasteiger partial charge is 0.325 e. The van der Waals surface area contributed by atoms with Crippen LogP contribution in [0, 0.1) is 5.92 Å². The molecular weight excluding hydrogens is 210 g/mol. The van der Waals surface area contributed by atoms with Crippen molar-refractivity contribution in [1.82, 2.24) is 5.32 Å². The van der Waals surface area contributed by atoms with E-state index in [9.17, 15) is 14.7 Å². The summed E-state index contributed by atoms with van der Waals surface area (Å²) in [6, 6.07) is -0.852. The molecule has 1 unspecified atom stereocenters. The van der Waals surface area contributed by atoms with Crippen molar-refractivity contribution in [2.45, 2.75) is 51.2 Å². The van der Waals surface area contributed by atoms with Crippen LogP contribution >= 0.6 is 0 Å². The fourth-order valence-corrected chi connectivity index (χ4v) is 1.89. The van der Waals surface area contributed by atoms with Crippen LogP contribution < -0.4 is 5.32 Å². The van der Waals surface area contributed by atoms with E-state index in [1.807, 2.05) is 0 Å². The quantitative estimate of drug-likeness (QED) is 0.658. The molecule has 1 saturated carbocycles. The first-order valence-electron chi connectivity index (χ1n) is 5.57. The molecule has 3 N–H and O–H groups in total. The zero-order valence-corrected chi connectivity index (χ0v) is 9.69. The molecule has 1 amide bonds. The van der Waals surface area contributed by atoms with E-state index in [4.69, 9.17) is 5.11 Å². The van der Waals surface area contributed by atoms with E-state index in [0.717, 1.165) is 0 Å². The van der Waals surface area contributed by atoms with E-state index in [1.165, 1.54) is 6.92 Å². The lowest BCUT2D eigenvalue weighted by Crippen LogP contribution is -2.44. The van der Waals surface area contributed by atoms with Crippen LogP contribution in [-0.4, -0.2) is 33.7 Å². The van der Waals surface area contributed by atoms with Gasteiger partial charge in [0.2, 0.25) is 5.91 Å². The van der Waals surface area contributed by atoms with Gasteiger partial charge in [0, 0.05) is 5.92 Å². The lowest BCUT2D eigenvalue weighted by molar-refractivity contribution is -0.142. The number of aliphatic carboxylic acids is 1. The predicted molar refractivity (Wildman–Crippen MR) is 57.8 cm³/mol. The van der Waals surface area contributed by atoms with Crippen LogP contribution in [0.1, 0.15) is 39.5 Å². The summed E-state index contributed by atoms with van der Waals surface area (Å²) in [7, 11) is 0. The van der Waals surface area contributed by atoms with Crippen molar-refractivity contribution in [3.05, 3.63) is 0 Å². The van der Waals surface area contributed by atoms with Crippen LogP contribution in [0.2, 0.25) is 0 Å². The molecule has 0 aliphatic heterocycles. The number of aliphatic hydroxyl groups is 1. The summed E-state index contributed by atoms with van der Waals surface area (Å²) in [6.45, 7) is 3.21. The molecule has 0 radical (unpaired) electrons.